The third-order valence-corrected chi connectivity index (χ3v) is 2.36. The molecule has 0 spiro atoms. The fourth-order valence-corrected chi connectivity index (χ4v) is 1.43. The van der Waals surface area contributed by atoms with Gasteiger partial charge in [-0.1, -0.05) is 0 Å². The van der Waals surface area contributed by atoms with Gasteiger partial charge in [0.1, 0.15) is 5.69 Å². The normalized spacial score (nSPS) is 12.1. The average molecular weight is 232 g/mol. The Hall–Kier alpha value is -1.46. The molecule has 0 amide bonds. The summed E-state index contributed by atoms with van der Waals surface area (Å²) in [4.78, 5) is 10.9. The Labute approximate surface area is 91.9 Å². The number of carboxylic acids is 1. The van der Waals surface area contributed by atoms with Crippen molar-refractivity contribution in [3.05, 3.63) is 17.5 Å². The smallest absolute Gasteiger partial charge is 0.309 e. The topological polar surface area (TPSA) is 55.1 Å². The SMILES string of the molecule is Cn1cc(CC(C)(C)C(=O)O)c(C(F)F)n1. The summed E-state index contributed by atoms with van der Waals surface area (Å²) in [6.07, 6.45) is -1.21. The number of hydrogen-bond acceptors (Lipinski definition) is 2. The van der Waals surface area contributed by atoms with Crippen LogP contribution in [0.15, 0.2) is 6.20 Å². The van der Waals surface area contributed by atoms with Crippen LogP contribution in [0.1, 0.15) is 31.5 Å². The van der Waals surface area contributed by atoms with Crippen molar-refractivity contribution in [2.24, 2.45) is 12.5 Å². The first kappa shape index (κ1) is 12.6. The van der Waals surface area contributed by atoms with Crippen LogP contribution < -0.4 is 0 Å². The molecular formula is C10H14F2N2O2. The number of hydrogen-bond donors (Lipinski definition) is 1. The van der Waals surface area contributed by atoms with Crippen molar-refractivity contribution in [2.45, 2.75) is 26.7 Å². The number of carbonyl (C=O) groups is 1. The maximum atomic E-state index is 12.6. The molecule has 0 aromatic carbocycles. The minimum absolute atomic E-state index is 0.0375. The van der Waals surface area contributed by atoms with Gasteiger partial charge in [-0.2, -0.15) is 5.10 Å². The van der Waals surface area contributed by atoms with Crippen molar-refractivity contribution in [3.63, 3.8) is 0 Å². The molecule has 0 fully saturated rings. The van der Waals surface area contributed by atoms with Crippen LogP contribution in [0, 0.1) is 5.41 Å². The molecule has 0 radical (unpaired) electrons. The molecule has 1 rings (SSSR count). The third kappa shape index (κ3) is 2.56. The van der Waals surface area contributed by atoms with E-state index in [0.29, 0.717) is 0 Å². The Morgan fingerprint density at radius 3 is 2.62 bits per heavy atom. The lowest BCUT2D eigenvalue weighted by atomic mass is 9.86. The fraction of sp³-hybridized carbons (Fsp3) is 0.600. The van der Waals surface area contributed by atoms with E-state index in [-0.39, 0.29) is 17.7 Å². The minimum atomic E-state index is -2.68. The van der Waals surface area contributed by atoms with Crippen LogP contribution in [-0.4, -0.2) is 20.9 Å². The van der Waals surface area contributed by atoms with Crippen LogP contribution in [-0.2, 0) is 18.3 Å². The molecule has 1 N–H and O–H groups in total. The maximum Gasteiger partial charge on any atom is 0.309 e. The highest BCUT2D eigenvalue weighted by molar-refractivity contribution is 5.74. The molecule has 4 nitrogen and oxygen atoms in total. The van der Waals surface area contributed by atoms with Crippen molar-refractivity contribution in [1.82, 2.24) is 9.78 Å². The molecule has 0 atom stereocenters. The summed E-state index contributed by atoms with van der Waals surface area (Å²) in [5, 5.41) is 12.6. The highest BCUT2D eigenvalue weighted by atomic mass is 19.3. The van der Waals surface area contributed by atoms with E-state index in [2.05, 4.69) is 5.10 Å². The van der Waals surface area contributed by atoms with Gasteiger partial charge in [0.25, 0.3) is 6.43 Å². The number of alkyl halides is 2. The van der Waals surface area contributed by atoms with Gasteiger partial charge in [-0.05, 0) is 20.3 Å². The summed E-state index contributed by atoms with van der Waals surface area (Å²) in [5.41, 5.74) is -1.13. The molecule has 0 unspecified atom stereocenters. The van der Waals surface area contributed by atoms with E-state index in [0.717, 1.165) is 0 Å². The van der Waals surface area contributed by atoms with Crippen LogP contribution in [0.2, 0.25) is 0 Å². The van der Waals surface area contributed by atoms with E-state index in [1.165, 1.54) is 31.8 Å². The predicted molar refractivity (Wildman–Crippen MR) is 53.3 cm³/mol. The van der Waals surface area contributed by atoms with Crippen LogP contribution in [0.3, 0.4) is 0 Å². The third-order valence-electron chi connectivity index (χ3n) is 2.36. The van der Waals surface area contributed by atoms with E-state index in [4.69, 9.17) is 5.11 Å². The number of carboxylic acid groups (broad SMARTS) is 1. The van der Waals surface area contributed by atoms with Crippen molar-refractivity contribution < 1.29 is 18.7 Å². The quantitative estimate of drug-likeness (QED) is 0.863. The van der Waals surface area contributed by atoms with Gasteiger partial charge >= 0.3 is 5.97 Å². The Morgan fingerprint density at radius 2 is 2.19 bits per heavy atom. The van der Waals surface area contributed by atoms with Gasteiger partial charge in [-0.15, -0.1) is 0 Å². The van der Waals surface area contributed by atoms with Gasteiger partial charge in [0.05, 0.1) is 5.41 Å². The van der Waals surface area contributed by atoms with Crippen LogP contribution in [0.25, 0.3) is 0 Å². The molecule has 1 aromatic heterocycles. The summed E-state index contributed by atoms with van der Waals surface area (Å²) < 4.78 is 26.5. The molecule has 16 heavy (non-hydrogen) atoms. The minimum Gasteiger partial charge on any atom is -0.481 e. The zero-order chi connectivity index (χ0) is 12.5. The molecule has 1 heterocycles. The maximum absolute atomic E-state index is 12.6. The molecule has 0 aliphatic heterocycles. The standard InChI is InChI=1S/C10H14F2N2O2/c1-10(2,9(15)16)4-6-5-14(3)13-7(6)8(11)12/h5,8H,4H2,1-3H3,(H,15,16). The van der Waals surface area contributed by atoms with E-state index in [9.17, 15) is 13.6 Å². The summed E-state index contributed by atoms with van der Waals surface area (Å²) in [5.74, 6) is -1.02. The number of rotatable bonds is 4. The Morgan fingerprint density at radius 1 is 1.62 bits per heavy atom. The molecule has 90 valence electrons. The Kier molecular flexibility index (Phi) is 3.30. The largest absolute Gasteiger partial charge is 0.481 e. The number of aryl methyl sites for hydroxylation is 1. The molecule has 0 aliphatic carbocycles. The summed E-state index contributed by atoms with van der Waals surface area (Å²) in [6.45, 7) is 3.00. The lowest BCUT2D eigenvalue weighted by Gasteiger charge is -2.18. The van der Waals surface area contributed by atoms with Gasteiger partial charge < -0.3 is 5.11 Å². The first-order valence-corrected chi connectivity index (χ1v) is 4.78. The number of aliphatic carboxylic acids is 1. The number of halogens is 2. The van der Waals surface area contributed by atoms with Crippen molar-refractivity contribution in [2.75, 3.05) is 0 Å². The average Bonchev–Trinajstić information content (AvgIpc) is 2.45. The predicted octanol–water partition coefficient (Wildman–Crippen LogP) is 2.01. The van der Waals surface area contributed by atoms with Crippen LogP contribution in [0.5, 0.6) is 0 Å². The summed E-state index contributed by atoms with van der Waals surface area (Å²) >= 11 is 0. The summed E-state index contributed by atoms with van der Waals surface area (Å²) in [7, 11) is 1.53. The second-order valence-electron chi connectivity index (χ2n) is 4.38. The van der Waals surface area contributed by atoms with E-state index in [1.807, 2.05) is 0 Å². The monoisotopic (exact) mass is 232 g/mol. The second-order valence-corrected chi connectivity index (χ2v) is 4.38. The molecule has 0 bridgehead atoms. The summed E-state index contributed by atoms with van der Waals surface area (Å²) in [6, 6.07) is 0. The lowest BCUT2D eigenvalue weighted by molar-refractivity contribution is -0.146. The van der Waals surface area contributed by atoms with Gasteiger partial charge in [0.2, 0.25) is 0 Å². The van der Waals surface area contributed by atoms with Crippen molar-refractivity contribution in [3.8, 4) is 0 Å². The first-order chi connectivity index (χ1) is 7.24. The number of aromatic nitrogens is 2. The first-order valence-electron chi connectivity index (χ1n) is 4.78. The highest BCUT2D eigenvalue weighted by Crippen LogP contribution is 2.28. The molecule has 0 saturated carbocycles. The molecule has 1 aromatic rings. The molecule has 6 heteroatoms. The van der Waals surface area contributed by atoms with Gasteiger partial charge in [0, 0.05) is 18.8 Å². The number of nitrogens with zero attached hydrogens (tertiary/aromatic N) is 2. The Balaban J connectivity index is 3.01. The van der Waals surface area contributed by atoms with E-state index >= 15 is 0 Å². The zero-order valence-electron chi connectivity index (χ0n) is 9.37. The van der Waals surface area contributed by atoms with Crippen LogP contribution >= 0.6 is 0 Å². The van der Waals surface area contributed by atoms with Gasteiger partial charge in [-0.25, -0.2) is 8.78 Å². The lowest BCUT2D eigenvalue weighted by Crippen LogP contribution is -2.26. The van der Waals surface area contributed by atoms with Crippen LogP contribution in [0.4, 0.5) is 8.78 Å². The molecular weight excluding hydrogens is 218 g/mol. The fourth-order valence-electron chi connectivity index (χ4n) is 1.43. The zero-order valence-corrected chi connectivity index (χ0v) is 9.37. The molecule has 0 saturated heterocycles. The van der Waals surface area contributed by atoms with Gasteiger partial charge in [0.15, 0.2) is 0 Å². The Bertz CT molecular complexity index is 400. The van der Waals surface area contributed by atoms with E-state index < -0.39 is 17.8 Å². The van der Waals surface area contributed by atoms with Gasteiger partial charge in [-0.3, -0.25) is 9.48 Å². The van der Waals surface area contributed by atoms with E-state index in [1.54, 1.807) is 0 Å². The molecule has 0 aliphatic rings. The van der Waals surface area contributed by atoms with Crippen molar-refractivity contribution >= 4 is 5.97 Å². The second kappa shape index (κ2) is 4.19. The van der Waals surface area contributed by atoms with Crippen molar-refractivity contribution in [1.29, 1.82) is 0 Å². The highest BCUT2D eigenvalue weighted by Gasteiger charge is 2.30.